The van der Waals surface area contributed by atoms with E-state index in [0.29, 0.717) is 19.8 Å². The van der Waals surface area contributed by atoms with Gasteiger partial charge in [0.05, 0.1) is 63.7 Å². The van der Waals surface area contributed by atoms with Crippen LogP contribution in [0.5, 0.6) is 0 Å². The van der Waals surface area contributed by atoms with Gasteiger partial charge < -0.3 is 33.5 Å². The maximum absolute atomic E-state index is 5.83. The molecule has 0 aliphatic rings. The van der Waals surface area contributed by atoms with E-state index in [-0.39, 0.29) is 33.0 Å². The molecule has 0 fully saturated rings. The molecule has 140 valence electrons. The van der Waals surface area contributed by atoms with Crippen molar-refractivity contribution in [2.45, 2.75) is 0 Å². The van der Waals surface area contributed by atoms with E-state index >= 15 is 0 Å². The number of rotatable bonds is 16. The van der Waals surface area contributed by atoms with Gasteiger partial charge in [-0.05, 0) is 0 Å². The summed E-state index contributed by atoms with van der Waals surface area (Å²) in [5.41, 5.74) is -1.17. The van der Waals surface area contributed by atoms with Gasteiger partial charge in [0.2, 0.25) is 0 Å². The van der Waals surface area contributed by atoms with Crippen molar-refractivity contribution in [2.24, 2.45) is 28.5 Å². The molecular weight excluding hydrogens is 310 g/mol. The van der Waals surface area contributed by atoms with E-state index in [1.165, 1.54) is 0 Å². The minimum absolute atomic E-state index is 0.160. The van der Waals surface area contributed by atoms with E-state index in [2.05, 4.69) is 0 Å². The molecule has 0 rings (SSSR count). The zero-order chi connectivity index (χ0) is 17.6. The average Bonchev–Trinajstić information content (AvgIpc) is 2.49. The first-order valence-corrected chi connectivity index (χ1v) is 7.07. The average molecular weight is 341 g/mol. The predicted octanol–water partition coefficient (Wildman–Crippen LogP) is -1.41. The summed E-state index contributed by atoms with van der Waals surface area (Å²) in [5, 5.41) is 0. The molecule has 0 unspecified atom stereocenters. The summed E-state index contributed by atoms with van der Waals surface area (Å²) in [5.74, 6) is 15.6. The summed E-state index contributed by atoms with van der Waals surface area (Å²) in [4.78, 5) is 14.3. The van der Waals surface area contributed by atoms with Crippen LogP contribution < -0.4 is 17.7 Å². The van der Waals surface area contributed by atoms with Crippen molar-refractivity contribution in [1.82, 2.24) is 0 Å². The molecule has 0 saturated heterocycles. The van der Waals surface area contributed by atoms with E-state index in [0.717, 1.165) is 0 Å². The lowest BCUT2D eigenvalue weighted by atomic mass is 9.90. The van der Waals surface area contributed by atoms with Gasteiger partial charge in [-0.1, -0.05) is 0 Å². The third-order valence-electron chi connectivity index (χ3n) is 3.34. The van der Waals surface area contributed by atoms with Gasteiger partial charge in [0.25, 0.3) is 0 Å². The van der Waals surface area contributed by atoms with Crippen molar-refractivity contribution in [3.8, 4) is 0 Å². The van der Waals surface area contributed by atoms with Crippen LogP contribution in [0.15, 0.2) is 0 Å². The smallest absolute Gasteiger partial charge is 0.0802 e. The second-order valence-corrected chi connectivity index (χ2v) is 5.72. The zero-order valence-electron chi connectivity index (χ0n) is 14.2. The minimum Gasteiger partial charge on any atom is -0.384 e. The first-order chi connectivity index (χ1) is 11.1. The lowest BCUT2D eigenvalue weighted by Crippen LogP contribution is -2.46. The summed E-state index contributed by atoms with van der Waals surface area (Å²) >= 11 is 0. The molecule has 0 atom stereocenters. The molecule has 0 bridgehead atoms. The van der Waals surface area contributed by atoms with Gasteiger partial charge in [-0.2, -0.15) is 0 Å². The normalized spacial score (nSPS) is 12.8. The number of ether oxygens (including phenoxy) is 4. The molecule has 0 aromatic carbocycles. The molecule has 0 radical (unpaired) electrons. The number of methoxy groups -OCH3 is 3. The van der Waals surface area contributed by atoms with E-state index in [1.54, 1.807) is 21.3 Å². The molecule has 0 aliphatic heterocycles. The van der Waals surface area contributed by atoms with Gasteiger partial charge in [0, 0.05) is 21.3 Å². The highest BCUT2D eigenvalue weighted by Crippen LogP contribution is 2.23. The van der Waals surface area contributed by atoms with E-state index in [9.17, 15) is 0 Å². The Bertz CT molecular complexity index is 224. The number of hydrogen-bond donors (Lipinski definition) is 3. The monoisotopic (exact) mass is 341 g/mol. The van der Waals surface area contributed by atoms with Gasteiger partial charge in [-0.3, -0.25) is 0 Å². The Kier molecular flexibility index (Phi) is 12.7. The molecule has 0 aromatic heterocycles. The Labute approximate surface area is 137 Å². The molecule has 0 amide bonds. The van der Waals surface area contributed by atoms with Gasteiger partial charge in [-0.15, -0.1) is 0 Å². The standard InChI is InChI=1S/C13H31N3O7/c1-17-4-12(5-18-2,9-21-14)7-20-8-13(6-19-3,10-22-15)11-23-16/h4-11,14-16H2,1-3H3. The number of nitrogens with two attached hydrogens (primary N) is 3. The lowest BCUT2D eigenvalue weighted by molar-refractivity contribution is -0.135. The Morgan fingerprint density at radius 1 is 0.522 bits per heavy atom. The van der Waals surface area contributed by atoms with Crippen LogP contribution in [0.2, 0.25) is 0 Å². The SMILES string of the molecule is COCC(COC)(CON)COCC(COC)(CON)CON. The summed E-state index contributed by atoms with van der Waals surface area (Å²) in [6.07, 6.45) is 0. The highest BCUT2D eigenvalue weighted by atomic mass is 16.6. The fourth-order valence-corrected chi connectivity index (χ4v) is 2.43. The molecule has 6 N–H and O–H groups in total. The molecular formula is C13H31N3O7. The Morgan fingerprint density at radius 3 is 1.09 bits per heavy atom. The fourth-order valence-electron chi connectivity index (χ4n) is 2.43. The van der Waals surface area contributed by atoms with Crippen LogP contribution in [0.25, 0.3) is 0 Å². The van der Waals surface area contributed by atoms with Crippen LogP contribution >= 0.6 is 0 Å². The second kappa shape index (κ2) is 13.0. The Balaban J connectivity index is 4.82. The van der Waals surface area contributed by atoms with Gasteiger partial charge >= 0.3 is 0 Å². The predicted molar refractivity (Wildman–Crippen MR) is 81.7 cm³/mol. The second-order valence-electron chi connectivity index (χ2n) is 5.72. The maximum Gasteiger partial charge on any atom is 0.0802 e. The largest absolute Gasteiger partial charge is 0.384 e. The highest BCUT2D eigenvalue weighted by Gasteiger charge is 2.36. The fraction of sp³-hybridized carbons (Fsp3) is 1.00. The quantitative estimate of drug-likeness (QED) is 0.286. The third-order valence-corrected chi connectivity index (χ3v) is 3.34. The summed E-state index contributed by atoms with van der Waals surface area (Å²) in [6.45, 7) is 2.08. The summed E-state index contributed by atoms with van der Waals surface area (Å²) in [7, 11) is 4.73. The molecule has 0 aromatic rings. The van der Waals surface area contributed by atoms with Crippen molar-refractivity contribution < 1.29 is 33.5 Å². The van der Waals surface area contributed by atoms with E-state index in [1.807, 2.05) is 0 Å². The first-order valence-electron chi connectivity index (χ1n) is 7.07. The van der Waals surface area contributed by atoms with Crippen molar-refractivity contribution in [2.75, 3.05) is 74.2 Å². The zero-order valence-corrected chi connectivity index (χ0v) is 14.2. The number of hydrogen-bond acceptors (Lipinski definition) is 10. The molecule has 0 saturated carbocycles. The molecule has 0 spiro atoms. The molecule has 0 aliphatic carbocycles. The van der Waals surface area contributed by atoms with Crippen LogP contribution in [0, 0.1) is 10.8 Å². The van der Waals surface area contributed by atoms with Gasteiger partial charge in [0.1, 0.15) is 0 Å². The summed E-state index contributed by atoms with van der Waals surface area (Å²) < 4.78 is 21.5. The topological polar surface area (TPSA) is 143 Å². The van der Waals surface area contributed by atoms with E-state index in [4.69, 9.17) is 51.2 Å². The van der Waals surface area contributed by atoms with Crippen molar-refractivity contribution in [1.29, 1.82) is 0 Å². The molecule has 0 heterocycles. The maximum atomic E-state index is 5.83. The van der Waals surface area contributed by atoms with E-state index < -0.39 is 10.8 Å². The van der Waals surface area contributed by atoms with Crippen molar-refractivity contribution >= 4 is 0 Å². The molecule has 10 nitrogen and oxygen atoms in total. The van der Waals surface area contributed by atoms with Gasteiger partial charge in [-0.25, -0.2) is 17.7 Å². The van der Waals surface area contributed by atoms with Crippen LogP contribution in [-0.2, 0) is 33.5 Å². The van der Waals surface area contributed by atoms with Crippen molar-refractivity contribution in [3.63, 3.8) is 0 Å². The Morgan fingerprint density at radius 2 is 0.826 bits per heavy atom. The van der Waals surface area contributed by atoms with Gasteiger partial charge in [0.15, 0.2) is 0 Å². The Hall–Kier alpha value is -0.400. The third kappa shape index (κ3) is 8.31. The van der Waals surface area contributed by atoms with Crippen molar-refractivity contribution in [3.05, 3.63) is 0 Å². The molecule has 10 heteroatoms. The van der Waals surface area contributed by atoms with Crippen LogP contribution in [0.3, 0.4) is 0 Å². The lowest BCUT2D eigenvalue weighted by Gasteiger charge is -2.34. The minimum atomic E-state index is -0.631. The van der Waals surface area contributed by atoms with Crippen LogP contribution in [-0.4, -0.2) is 74.2 Å². The summed E-state index contributed by atoms with van der Waals surface area (Å²) in [6, 6.07) is 0. The van der Waals surface area contributed by atoms with Crippen LogP contribution in [0.4, 0.5) is 0 Å². The molecule has 23 heavy (non-hydrogen) atoms. The highest BCUT2D eigenvalue weighted by molar-refractivity contribution is 4.82. The first kappa shape index (κ1) is 22.6. The van der Waals surface area contributed by atoms with Crippen LogP contribution in [0.1, 0.15) is 0 Å².